The molecule has 7 nitrogen and oxygen atoms in total. The van der Waals surface area contributed by atoms with Crippen molar-refractivity contribution in [3.8, 4) is 23.1 Å². The van der Waals surface area contributed by atoms with Crippen LogP contribution in [0.2, 0.25) is 0 Å². The van der Waals surface area contributed by atoms with Crippen molar-refractivity contribution in [2.45, 2.75) is 18.9 Å². The number of nitrogens with zero attached hydrogens (tertiary/aromatic N) is 5. The van der Waals surface area contributed by atoms with Crippen LogP contribution in [-0.4, -0.2) is 66.0 Å². The Hall–Kier alpha value is -3.12. The second kappa shape index (κ2) is 11.1. The second-order valence-electron chi connectivity index (χ2n) is 8.72. The van der Waals surface area contributed by atoms with E-state index in [1.807, 2.05) is 24.3 Å². The number of anilines is 1. The molecule has 0 amide bonds. The van der Waals surface area contributed by atoms with Gasteiger partial charge in [0, 0.05) is 50.0 Å². The van der Waals surface area contributed by atoms with E-state index in [4.69, 9.17) is 14.5 Å². The molecule has 0 saturated carbocycles. The molecule has 3 heterocycles. The SMILES string of the molecule is CSN1CCC(Oc2ccc(-c3ccnc(Cc4ccc(N5CCOCC5)cc4)n3)cc2C#N)C1. The maximum atomic E-state index is 9.74. The van der Waals surface area contributed by atoms with Crippen molar-refractivity contribution in [1.29, 1.82) is 5.26 Å². The topological polar surface area (TPSA) is 74.5 Å². The minimum Gasteiger partial charge on any atom is -0.488 e. The number of ether oxygens (including phenoxy) is 2. The minimum absolute atomic E-state index is 0.112. The zero-order chi connectivity index (χ0) is 24.0. The first-order valence-corrected chi connectivity index (χ1v) is 13.1. The third-order valence-corrected chi connectivity index (χ3v) is 7.28. The lowest BCUT2D eigenvalue weighted by Crippen LogP contribution is -2.36. The van der Waals surface area contributed by atoms with Gasteiger partial charge < -0.3 is 14.4 Å². The van der Waals surface area contributed by atoms with E-state index in [2.05, 4.69) is 50.8 Å². The van der Waals surface area contributed by atoms with Crippen molar-refractivity contribution >= 4 is 17.6 Å². The molecule has 2 aliphatic rings. The van der Waals surface area contributed by atoms with Gasteiger partial charge in [-0.25, -0.2) is 14.3 Å². The molecule has 0 aliphatic carbocycles. The molecule has 35 heavy (non-hydrogen) atoms. The minimum atomic E-state index is 0.112. The van der Waals surface area contributed by atoms with Gasteiger partial charge in [-0.2, -0.15) is 5.26 Å². The monoisotopic (exact) mass is 487 g/mol. The lowest BCUT2D eigenvalue weighted by molar-refractivity contribution is 0.122. The van der Waals surface area contributed by atoms with E-state index >= 15 is 0 Å². The molecule has 2 saturated heterocycles. The molecular formula is C27H29N5O2S. The molecule has 2 aromatic carbocycles. The van der Waals surface area contributed by atoms with E-state index < -0.39 is 0 Å². The van der Waals surface area contributed by atoms with Gasteiger partial charge in [-0.1, -0.05) is 24.1 Å². The fourth-order valence-corrected chi connectivity index (χ4v) is 5.10. The van der Waals surface area contributed by atoms with E-state index in [1.165, 1.54) is 5.69 Å². The number of aromatic nitrogens is 2. The van der Waals surface area contributed by atoms with E-state index in [0.29, 0.717) is 17.7 Å². The average Bonchev–Trinajstić information content (AvgIpc) is 3.38. The van der Waals surface area contributed by atoms with Crippen molar-refractivity contribution in [3.63, 3.8) is 0 Å². The summed E-state index contributed by atoms with van der Waals surface area (Å²) >= 11 is 1.73. The van der Waals surface area contributed by atoms with Crippen LogP contribution in [0, 0.1) is 11.3 Å². The maximum absolute atomic E-state index is 9.74. The summed E-state index contributed by atoms with van der Waals surface area (Å²) in [5.41, 5.74) is 4.60. The highest BCUT2D eigenvalue weighted by Crippen LogP contribution is 2.28. The summed E-state index contributed by atoms with van der Waals surface area (Å²) in [6.45, 7) is 5.29. The quantitative estimate of drug-likeness (QED) is 0.460. The predicted octanol–water partition coefficient (Wildman–Crippen LogP) is 4.17. The van der Waals surface area contributed by atoms with Crippen LogP contribution in [0.25, 0.3) is 11.3 Å². The first kappa shape index (κ1) is 23.6. The third kappa shape index (κ3) is 5.76. The first-order valence-electron chi connectivity index (χ1n) is 12.0. The summed E-state index contributed by atoms with van der Waals surface area (Å²) in [6.07, 6.45) is 5.59. The van der Waals surface area contributed by atoms with Crippen molar-refractivity contribution in [1.82, 2.24) is 14.3 Å². The second-order valence-corrected chi connectivity index (χ2v) is 9.60. The summed E-state index contributed by atoms with van der Waals surface area (Å²) in [6, 6.07) is 18.5. The lowest BCUT2D eigenvalue weighted by Gasteiger charge is -2.28. The van der Waals surface area contributed by atoms with Gasteiger partial charge in [0.2, 0.25) is 0 Å². The number of rotatable bonds is 7. The average molecular weight is 488 g/mol. The Morgan fingerprint density at radius 3 is 2.69 bits per heavy atom. The Morgan fingerprint density at radius 1 is 1.11 bits per heavy atom. The smallest absolute Gasteiger partial charge is 0.137 e. The summed E-state index contributed by atoms with van der Waals surface area (Å²) in [7, 11) is 0. The van der Waals surface area contributed by atoms with Gasteiger partial charge in [0.05, 0.1) is 24.5 Å². The molecule has 0 spiro atoms. The molecule has 2 aliphatic heterocycles. The Labute approximate surface area is 210 Å². The molecule has 0 radical (unpaired) electrons. The zero-order valence-corrected chi connectivity index (χ0v) is 20.7. The van der Waals surface area contributed by atoms with E-state index in [-0.39, 0.29) is 6.10 Å². The number of nitriles is 1. The molecule has 0 N–H and O–H groups in total. The summed E-state index contributed by atoms with van der Waals surface area (Å²) < 4.78 is 13.9. The van der Waals surface area contributed by atoms with Crippen LogP contribution in [0.1, 0.15) is 23.4 Å². The summed E-state index contributed by atoms with van der Waals surface area (Å²) in [5.74, 6) is 1.39. The van der Waals surface area contributed by atoms with Gasteiger partial charge in [0.15, 0.2) is 0 Å². The molecular weight excluding hydrogens is 458 g/mol. The van der Waals surface area contributed by atoms with Crippen LogP contribution in [-0.2, 0) is 11.2 Å². The van der Waals surface area contributed by atoms with Gasteiger partial charge in [0.25, 0.3) is 0 Å². The van der Waals surface area contributed by atoms with Crippen LogP contribution in [0.15, 0.2) is 54.7 Å². The van der Waals surface area contributed by atoms with Crippen LogP contribution in [0.4, 0.5) is 5.69 Å². The fourth-order valence-electron chi connectivity index (χ4n) is 4.49. The summed E-state index contributed by atoms with van der Waals surface area (Å²) in [4.78, 5) is 11.6. The van der Waals surface area contributed by atoms with Crippen LogP contribution in [0.5, 0.6) is 5.75 Å². The molecule has 1 unspecified atom stereocenters. The van der Waals surface area contributed by atoms with Crippen LogP contribution < -0.4 is 9.64 Å². The highest BCUT2D eigenvalue weighted by atomic mass is 32.2. The van der Waals surface area contributed by atoms with Crippen molar-refractivity contribution in [3.05, 3.63) is 71.7 Å². The van der Waals surface area contributed by atoms with Crippen molar-refractivity contribution in [2.24, 2.45) is 0 Å². The predicted molar refractivity (Wildman–Crippen MR) is 139 cm³/mol. The largest absolute Gasteiger partial charge is 0.488 e. The van der Waals surface area contributed by atoms with Gasteiger partial charge in [0.1, 0.15) is 23.7 Å². The van der Waals surface area contributed by atoms with Crippen molar-refractivity contribution < 1.29 is 9.47 Å². The Bertz CT molecular complexity index is 1190. The third-order valence-electron chi connectivity index (χ3n) is 6.44. The molecule has 5 rings (SSSR count). The van der Waals surface area contributed by atoms with Crippen molar-refractivity contribution in [2.75, 3.05) is 50.5 Å². The van der Waals surface area contributed by atoms with Gasteiger partial charge in [-0.15, -0.1) is 0 Å². The van der Waals surface area contributed by atoms with E-state index in [1.54, 1.807) is 18.1 Å². The Morgan fingerprint density at radius 2 is 1.94 bits per heavy atom. The van der Waals surface area contributed by atoms with Gasteiger partial charge in [-0.05, 0) is 54.6 Å². The molecule has 8 heteroatoms. The number of benzene rings is 2. The van der Waals surface area contributed by atoms with E-state index in [0.717, 1.165) is 68.5 Å². The molecule has 3 aromatic rings. The first-order chi connectivity index (χ1) is 17.2. The molecule has 0 bridgehead atoms. The standard InChI is InChI=1S/C27H29N5O2S/c1-35-32-11-9-24(19-32)34-26-7-4-21(17-22(26)18-28)25-8-10-29-27(30-25)16-20-2-5-23(6-3-20)31-12-14-33-15-13-31/h2-8,10,17,24H,9,11-16,19H2,1H3. The summed E-state index contributed by atoms with van der Waals surface area (Å²) in [5, 5.41) is 9.74. The normalized spacial score (nSPS) is 18.4. The Kier molecular flexibility index (Phi) is 7.48. The number of hydrogen-bond donors (Lipinski definition) is 0. The molecule has 180 valence electrons. The Balaban J connectivity index is 1.28. The number of hydrogen-bond acceptors (Lipinski definition) is 8. The molecule has 2 fully saturated rings. The highest BCUT2D eigenvalue weighted by Gasteiger charge is 2.24. The molecule has 1 atom stereocenters. The van der Waals surface area contributed by atoms with Crippen LogP contribution in [0.3, 0.4) is 0 Å². The lowest BCUT2D eigenvalue weighted by atomic mass is 10.1. The zero-order valence-electron chi connectivity index (χ0n) is 19.9. The highest BCUT2D eigenvalue weighted by molar-refractivity contribution is 7.96. The van der Waals surface area contributed by atoms with E-state index in [9.17, 15) is 5.26 Å². The van der Waals surface area contributed by atoms with Crippen LogP contribution >= 0.6 is 11.9 Å². The van der Waals surface area contributed by atoms with Gasteiger partial charge >= 0.3 is 0 Å². The van der Waals surface area contributed by atoms with Gasteiger partial charge in [-0.3, -0.25) is 0 Å². The molecule has 1 aromatic heterocycles. The number of morpholine rings is 1. The maximum Gasteiger partial charge on any atom is 0.137 e. The fraction of sp³-hybridized carbons (Fsp3) is 0.370.